The normalized spacial score (nSPS) is 19.6. The molecule has 0 aromatic carbocycles. The van der Waals surface area contributed by atoms with Gasteiger partial charge in [0.1, 0.15) is 12.4 Å². The highest BCUT2D eigenvalue weighted by Crippen LogP contribution is 2.30. The van der Waals surface area contributed by atoms with E-state index in [2.05, 4.69) is 20.4 Å². The molecule has 1 amide bonds. The highest BCUT2D eigenvalue weighted by Gasteiger charge is 2.34. The maximum absolute atomic E-state index is 13.1. The summed E-state index contributed by atoms with van der Waals surface area (Å²) in [6.45, 7) is 4.82. The van der Waals surface area contributed by atoms with Crippen LogP contribution < -0.4 is 10.2 Å². The van der Waals surface area contributed by atoms with E-state index in [1.165, 1.54) is 22.0 Å². The third kappa shape index (κ3) is 5.38. The van der Waals surface area contributed by atoms with Crippen LogP contribution in [0.15, 0.2) is 18.5 Å². The van der Waals surface area contributed by atoms with Gasteiger partial charge < -0.3 is 19.9 Å². The number of nitrogens with one attached hydrogen (secondary N) is 1. The van der Waals surface area contributed by atoms with Crippen LogP contribution in [-0.4, -0.2) is 69.9 Å². The van der Waals surface area contributed by atoms with Crippen LogP contribution in [0, 0.1) is 0 Å². The van der Waals surface area contributed by atoms with Crippen LogP contribution in [0.2, 0.25) is 0 Å². The van der Waals surface area contributed by atoms with Gasteiger partial charge in [-0.3, -0.25) is 9.48 Å². The number of aromatic nitrogens is 4. The number of carbonyl (C=O) groups is 1. The standard InChI is InChI=1S/C18H24F3N7O2/c1-11-7-27(8-12(2)30-11)16(29)10-28-9-13(6-22-28)23-17-24-14(18(19,20)21)5-15(25-17)26(3)4/h5-6,9,11-12H,7-8,10H2,1-4H3,(H,23,24,25). The molecular formula is C18H24F3N7O2. The molecule has 1 N–H and O–H groups in total. The Bertz CT molecular complexity index is 890. The van der Waals surface area contributed by atoms with Gasteiger partial charge in [0.05, 0.1) is 24.1 Å². The third-order valence-corrected chi connectivity index (χ3v) is 4.42. The molecule has 2 atom stereocenters. The number of nitrogens with zero attached hydrogens (tertiary/aromatic N) is 6. The highest BCUT2D eigenvalue weighted by molar-refractivity contribution is 5.76. The van der Waals surface area contributed by atoms with Crippen molar-refractivity contribution in [1.82, 2.24) is 24.6 Å². The minimum absolute atomic E-state index is 0.00746. The van der Waals surface area contributed by atoms with Crippen LogP contribution in [0.3, 0.4) is 0 Å². The molecule has 0 bridgehead atoms. The lowest BCUT2D eigenvalue weighted by Crippen LogP contribution is -2.49. The van der Waals surface area contributed by atoms with E-state index in [1.807, 2.05) is 13.8 Å². The van der Waals surface area contributed by atoms with Crippen molar-refractivity contribution in [2.75, 3.05) is 37.4 Å². The number of alkyl halides is 3. The van der Waals surface area contributed by atoms with Gasteiger partial charge in [-0.05, 0) is 13.8 Å². The number of hydrogen-bond acceptors (Lipinski definition) is 7. The molecule has 0 spiro atoms. The van der Waals surface area contributed by atoms with Crippen LogP contribution in [0.5, 0.6) is 0 Å². The zero-order valence-electron chi connectivity index (χ0n) is 17.1. The molecule has 12 heteroatoms. The van der Waals surface area contributed by atoms with E-state index >= 15 is 0 Å². The van der Waals surface area contributed by atoms with Gasteiger partial charge in [-0.2, -0.15) is 23.3 Å². The third-order valence-electron chi connectivity index (χ3n) is 4.42. The summed E-state index contributed by atoms with van der Waals surface area (Å²) in [6, 6.07) is 0.873. The number of carbonyl (C=O) groups excluding carboxylic acids is 1. The summed E-state index contributed by atoms with van der Waals surface area (Å²) in [4.78, 5) is 23.3. The highest BCUT2D eigenvalue weighted by atomic mass is 19.4. The lowest BCUT2D eigenvalue weighted by atomic mass is 10.2. The Morgan fingerprint density at radius 3 is 2.53 bits per heavy atom. The molecule has 0 saturated carbocycles. The van der Waals surface area contributed by atoms with E-state index in [1.54, 1.807) is 19.0 Å². The quantitative estimate of drug-likeness (QED) is 0.782. The first-order valence-electron chi connectivity index (χ1n) is 9.37. The molecule has 164 valence electrons. The molecule has 0 radical (unpaired) electrons. The first-order valence-corrected chi connectivity index (χ1v) is 9.37. The molecule has 0 aliphatic carbocycles. The Morgan fingerprint density at radius 2 is 1.93 bits per heavy atom. The SMILES string of the molecule is CC1CN(C(=O)Cn2cc(Nc3nc(N(C)C)cc(C(F)(F)F)n3)cn2)CC(C)O1. The summed E-state index contributed by atoms with van der Waals surface area (Å²) in [6.07, 6.45) is -1.78. The molecule has 2 unspecified atom stereocenters. The Labute approximate surface area is 171 Å². The molecular weight excluding hydrogens is 403 g/mol. The van der Waals surface area contributed by atoms with Gasteiger partial charge in [-0.15, -0.1) is 0 Å². The van der Waals surface area contributed by atoms with Crippen molar-refractivity contribution in [2.45, 2.75) is 38.8 Å². The lowest BCUT2D eigenvalue weighted by molar-refractivity contribution is -0.144. The zero-order valence-corrected chi connectivity index (χ0v) is 17.1. The molecule has 3 rings (SSSR count). The summed E-state index contributed by atoms with van der Waals surface area (Å²) in [7, 11) is 3.17. The average Bonchev–Trinajstić information content (AvgIpc) is 3.06. The number of morpholine rings is 1. The van der Waals surface area contributed by atoms with Gasteiger partial charge in [0.15, 0.2) is 5.69 Å². The van der Waals surface area contributed by atoms with Gasteiger partial charge in [-0.1, -0.05) is 0 Å². The predicted octanol–water partition coefficient (Wildman–Crippen LogP) is 2.14. The predicted molar refractivity (Wildman–Crippen MR) is 103 cm³/mol. The van der Waals surface area contributed by atoms with Crippen molar-refractivity contribution in [3.05, 3.63) is 24.2 Å². The fourth-order valence-electron chi connectivity index (χ4n) is 3.13. The zero-order chi connectivity index (χ0) is 22.1. The summed E-state index contributed by atoms with van der Waals surface area (Å²) >= 11 is 0. The number of amides is 1. The van der Waals surface area contributed by atoms with Crippen LogP contribution in [0.25, 0.3) is 0 Å². The van der Waals surface area contributed by atoms with Gasteiger partial charge in [-0.25, -0.2) is 4.98 Å². The first kappa shape index (κ1) is 21.8. The average molecular weight is 427 g/mol. The van der Waals surface area contributed by atoms with Crippen molar-refractivity contribution in [3.8, 4) is 0 Å². The number of hydrogen-bond donors (Lipinski definition) is 1. The van der Waals surface area contributed by atoms with Gasteiger partial charge in [0, 0.05) is 39.4 Å². The van der Waals surface area contributed by atoms with Crippen LogP contribution in [-0.2, 0) is 22.3 Å². The second-order valence-corrected chi connectivity index (χ2v) is 7.43. The maximum atomic E-state index is 13.1. The van der Waals surface area contributed by atoms with Crippen molar-refractivity contribution >= 4 is 23.4 Å². The van der Waals surface area contributed by atoms with E-state index < -0.39 is 11.9 Å². The molecule has 30 heavy (non-hydrogen) atoms. The fourth-order valence-corrected chi connectivity index (χ4v) is 3.13. The first-order chi connectivity index (χ1) is 14.0. The molecule has 1 saturated heterocycles. The van der Waals surface area contributed by atoms with Crippen LogP contribution in [0.4, 0.5) is 30.6 Å². The van der Waals surface area contributed by atoms with Crippen molar-refractivity contribution < 1.29 is 22.7 Å². The summed E-state index contributed by atoms with van der Waals surface area (Å²) in [5, 5.41) is 6.82. The Morgan fingerprint density at radius 1 is 1.27 bits per heavy atom. The minimum atomic E-state index is -4.60. The monoisotopic (exact) mass is 427 g/mol. The van der Waals surface area contributed by atoms with E-state index in [0.717, 1.165) is 6.07 Å². The molecule has 2 aromatic rings. The molecule has 9 nitrogen and oxygen atoms in total. The summed E-state index contributed by atoms with van der Waals surface area (Å²) in [5.74, 6) is -0.218. The topological polar surface area (TPSA) is 88.4 Å². The largest absolute Gasteiger partial charge is 0.433 e. The van der Waals surface area contributed by atoms with E-state index in [4.69, 9.17) is 4.74 Å². The lowest BCUT2D eigenvalue weighted by Gasteiger charge is -2.35. The van der Waals surface area contributed by atoms with E-state index in [9.17, 15) is 18.0 Å². The Hall–Kier alpha value is -2.89. The van der Waals surface area contributed by atoms with Crippen molar-refractivity contribution in [1.29, 1.82) is 0 Å². The number of anilines is 3. The fraction of sp³-hybridized carbons (Fsp3) is 0.556. The van der Waals surface area contributed by atoms with Gasteiger partial charge in [0.2, 0.25) is 11.9 Å². The molecule has 1 aliphatic rings. The smallest absolute Gasteiger partial charge is 0.372 e. The maximum Gasteiger partial charge on any atom is 0.433 e. The Balaban J connectivity index is 1.71. The summed E-state index contributed by atoms with van der Waals surface area (Å²) in [5.41, 5.74) is -0.683. The van der Waals surface area contributed by atoms with E-state index in [0.29, 0.717) is 18.8 Å². The van der Waals surface area contributed by atoms with Gasteiger partial charge >= 0.3 is 6.18 Å². The van der Waals surface area contributed by atoms with Crippen molar-refractivity contribution in [2.24, 2.45) is 0 Å². The Kier molecular flexibility index (Phi) is 6.15. The second kappa shape index (κ2) is 8.46. The van der Waals surface area contributed by atoms with Crippen LogP contribution in [0.1, 0.15) is 19.5 Å². The molecule has 1 aliphatic heterocycles. The molecule has 1 fully saturated rings. The number of rotatable bonds is 5. The minimum Gasteiger partial charge on any atom is -0.372 e. The second-order valence-electron chi connectivity index (χ2n) is 7.43. The molecule has 3 heterocycles. The van der Waals surface area contributed by atoms with Crippen molar-refractivity contribution in [3.63, 3.8) is 0 Å². The van der Waals surface area contributed by atoms with Gasteiger partial charge in [0.25, 0.3) is 0 Å². The number of ether oxygens (including phenoxy) is 1. The summed E-state index contributed by atoms with van der Waals surface area (Å²) < 4.78 is 46.4. The molecule has 2 aromatic heterocycles. The van der Waals surface area contributed by atoms with Crippen LogP contribution >= 0.6 is 0 Å². The number of halogens is 3. The van der Waals surface area contributed by atoms with E-state index in [-0.39, 0.29) is 36.4 Å².